The second-order valence-electron chi connectivity index (χ2n) is 5.16. The van der Waals surface area contributed by atoms with Gasteiger partial charge in [0.25, 0.3) is 0 Å². The molecule has 5 heteroatoms. The smallest absolute Gasteiger partial charge is 0.344 e. The molecule has 21 heavy (non-hydrogen) atoms. The quantitative estimate of drug-likeness (QED) is 0.541. The predicted octanol–water partition coefficient (Wildman–Crippen LogP) is 3.67. The molecular weight excluding hydrogens is 334 g/mol. The third-order valence-corrected chi connectivity index (χ3v) is 3.44. The summed E-state index contributed by atoms with van der Waals surface area (Å²) in [5.74, 6) is 0.316. The molecule has 1 aromatic rings. The van der Waals surface area contributed by atoms with Gasteiger partial charge in [0.05, 0.1) is 11.1 Å². The van der Waals surface area contributed by atoms with Crippen LogP contribution in [0, 0.1) is 0 Å². The Balaban J connectivity index is 2.43. The van der Waals surface area contributed by atoms with Gasteiger partial charge in [-0.15, -0.1) is 0 Å². The lowest BCUT2D eigenvalue weighted by molar-refractivity contribution is -0.146. The van der Waals surface area contributed by atoms with Crippen LogP contribution in [0.5, 0.6) is 5.75 Å². The number of nitrogens with one attached hydrogen (secondary N) is 1. The number of carbonyl (C=O) groups excluding carboxylic acids is 1. The van der Waals surface area contributed by atoms with Crippen molar-refractivity contribution in [1.82, 2.24) is 5.32 Å². The molecule has 0 fully saturated rings. The van der Waals surface area contributed by atoms with Crippen LogP contribution in [-0.4, -0.2) is 25.2 Å². The maximum Gasteiger partial charge on any atom is 0.344 e. The van der Waals surface area contributed by atoms with Gasteiger partial charge in [0.1, 0.15) is 5.75 Å². The van der Waals surface area contributed by atoms with Crippen molar-refractivity contribution in [1.29, 1.82) is 0 Å². The van der Waals surface area contributed by atoms with Crippen molar-refractivity contribution in [3.8, 4) is 5.75 Å². The number of benzene rings is 1. The fourth-order valence-corrected chi connectivity index (χ4v) is 2.14. The zero-order valence-corrected chi connectivity index (χ0v) is 14.5. The summed E-state index contributed by atoms with van der Waals surface area (Å²) >= 11 is 3.46. The highest BCUT2D eigenvalue weighted by molar-refractivity contribution is 9.10. The van der Waals surface area contributed by atoms with Gasteiger partial charge in [-0.3, -0.25) is 0 Å². The lowest BCUT2D eigenvalue weighted by Gasteiger charge is -2.11. The van der Waals surface area contributed by atoms with Crippen molar-refractivity contribution >= 4 is 21.9 Å². The third kappa shape index (κ3) is 7.48. The van der Waals surface area contributed by atoms with E-state index in [1.54, 1.807) is 0 Å². The van der Waals surface area contributed by atoms with E-state index in [9.17, 15) is 4.79 Å². The molecule has 0 saturated carbocycles. The zero-order chi connectivity index (χ0) is 15.7. The lowest BCUT2D eigenvalue weighted by Crippen LogP contribution is -2.21. The van der Waals surface area contributed by atoms with E-state index in [1.165, 1.54) is 0 Å². The molecule has 0 unspecified atom stereocenters. The number of halogens is 1. The van der Waals surface area contributed by atoms with Crippen LogP contribution in [0.3, 0.4) is 0 Å². The molecule has 0 aliphatic carbocycles. The summed E-state index contributed by atoms with van der Waals surface area (Å²) in [6.45, 7) is 7.46. The number of rotatable bonds is 9. The number of esters is 1. The van der Waals surface area contributed by atoms with Gasteiger partial charge < -0.3 is 14.8 Å². The van der Waals surface area contributed by atoms with E-state index in [0.29, 0.717) is 18.4 Å². The highest BCUT2D eigenvalue weighted by atomic mass is 79.9. The molecule has 0 aliphatic rings. The Morgan fingerprint density at radius 1 is 1.38 bits per heavy atom. The summed E-state index contributed by atoms with van der Waals surface area (Å²) in [5, 5.41) is 3.35. The van der Waals surface area contributed by atoms with Crippen molar-refractivity contribution in [2.24, 2.45) is 0 Å². The fraction of sp³-hybridized carbons (Fsp3) is 0.562. The molecule has 1 rings (SSSR count). The summed E-state index contributed by atoms with van der Waals surface area (Å²) in [6, 6.07) is 6.28. The van der Waals surface area contributed by atoms with Crippen LogP contribution in [-0.2, 0) is 16.1 Å². The first-order valence-electron chi connectivity index (χ1n) is 7.33. The minimum Gasteiger partial charge on any atom is -0.481 e. The molecule has 0 aliphatic heterocycles. The maximum atomic E-state index is 11.5. The van der Waals surface area contributed by atoms with E-state index in [1.807, 2.05) is 18.2 Å². The van der Waals surface area contributed by atoms with Gasteiger partial charge in [-0.25, -0.2) is 4.79 Å². The summed E-state index contributed by atoms with van der Waals surface area (Å²) < 4.78 is 11.4. The second kappa shape index (κ2) is 9.79. The molecule has 1 N–H and O–H groups in total. The molecule has 0 bridgehead atoms. The predicted molar refractivity (Wildman–Crippen MR) is 87.5 cm³/mol. The van der Waals surface area contributed by atoms with Crippen LogP contribution in [0.2, 0.25) is 0 Å². The molecule has 0 aromatic heterocycles. The van der Waals surface area contributed by atoms with Crippen LogP contribution in [0.1, 0.15) is 39.2 Å². The first-order valence-corrected chi connectivity index (χ1v) is 8.12. The van der Waals surface area contributed by atoms with E-state index < -0.39 is 0 Å². The van der Waals surface area contributed by atoms with E-state index in [4.69, 9.17) is 9.47 Å². The fourth-order valence-electron chi connectivity index (χ4n) is 1.60. The topological polar surface area (TPSA) is 47.6 Å². The minimum absolute atomic E-state index is 0.0636. The Morgan fingerprint density at radius 2 is 2.14 bits per heavy atom. The van der Waals surface area contributed by atoms with Crippen molar-refractivity contribution in [2.45, 2.75) is 46.2 Å². The Kier molecular flexibility index (Phi) is 8.38. The molecule has 118 valence electrons. The van der Waals surface area contributed by atoms with E-state index in [2.05, 4.69) is 42.0 Å². The molecule has 0 heterocycles. The van der Waals surface area contributed by atoms with Crippen molar-refractivity contribution in [3.05, 3.63) is 28.2 Å². The first kappa shape index (κ1) is 18.0. The number of hydrogen-bond acceptors (Lipinski definition) is 4. The molecule has 0 radical (unpaired) electrons. The van der Waals surface area contributed by atoms with Gasteiger partial charge >= 0.3 is 5.97 Å². The average Bonchev–Trinajstić information content (AvgIpc) is 2.44. The highest BCUT2D eigenvalue weighted by Crippen LogP contribution is 2.26. The van der Waals surface area contributed by atoms with Gasteiger partial charge in [-0.05, 0) is 40.0 Å². The largest absolute Gasteiger partial charge is 0.481 e. The van der Waals surface area contributed by atoms with E-state index >= 15 is 0 Å². The van der Waals surface area contributed by atoms with Gasteiger partial charge in [-0.1, -0.05) is 33.3 Å². The van der Waals surface area contributed by atoms with Crippen LogP contribution in [0.4, 0.5) is 0 Å². The minimum atomic E-state index is -0.332. The highest BCUT2D eigenvalue weighted by Gasteiger charge is 2.07. The Hall–Kier alpha value is -1.07. The normalized spacial score (nSPS) is 10.7. The van der Waals surface area contributed by atoms with Gasteiger partial charge in [0, 0.05) is 12.6 Å². The van der Waals surface area contributed by atoms with Crippen molar-refractivity contribution in [2.75, 3.05) is 13.2 Å². The molecule has 0 saturated heterocycles. The van der Waals surface area contributed by atoms with Crippen molar-refractivity contribution in [3.63, 3.8) is 0 Å². The van der Waals surface area contributed by atoms with Crippen LogP contribution < -0.4 is 10.1 Å². The van der Waals surface area contributed by atoms with Gasteiger partial charge in [0.15, 0.2) is 6.61 Å². The summed E-state index contributed by atoms with van der Waals surface area (Å²) in [4.78, 5) is 11.5. The average molecular weight is 358 g/mol. The first-order chi connectivity index (χ1) is 10.0. The monoisotopic (exact) mass is 357 g/mol. The number of hydrogen-bond donors (Lipinski definition) is 1. The van der Waals surface area contributed by atoms with E-state index in [0.717, 1.165) is 29.4 Å². The molecule has 0 atom stereocenters. The third-order valence-electron chi connectivity index (χ3n) is 2.82. The van der Waals surface area contributed by atoms with Crippen LogP contribution >= 0.6 is 15.9 Å². The Bertz CT molecular complexity index is 449. The molecular formula is C16H24BrNO3. The van der Waals surface area contributed by atoms with Crippen LogP contribution in [0.25, 0.3) is 0 Å². The molecule has 1 aromatic carbocycles. The lowest BCUT2D eigenvalue weighted by atomic mass is 10.2. The summed E-state index contributed by atoms with van der Waals surface area (Å²) in [6.07, 6.45) is 1.89. The standard InChI is InChI=1S/C16H24BrNO3/c1-4-5-8-20-16(19)11-21-15-7-6-13(9-14(15)17)10-18-12(2)3/h6-7,9,12,18H,4-5,8,10-11H2,1-3H3. The molecule has 0 amide bonds. The summed E-state index contributed by atoms with van der Waals surface area (Å²) in [5.41, 5.74) is 1.16. The summed E-state index contributed by atoms with van der Waals surface area (Å²) in [7, 11) is 0. The second-order valence-corrected chi connectivity index (χ2v) is 6.02. The SMILES string of the molecule is CCCCOC(=O)COc1ccc(CNC(C)C)cc1Br. The van der Waals surface area contributed by atoms with Gasteiger partial charge in [0.2, 0.25) is 0 Å². The van der Waals surface area contributed by atoms with Crippen LogP contribution in [0.15, 0.2) is 22.7 Å². The Labute approximate surface area is 135 Å². The molecule has 0 spiro atoms. The number of unbranched alkanes of at least 4 members (excludes halogenated alkanes) is 1. The Morgan fingerprint density at radius 3 is 2.76 bits per heavy atom. The van der Waals surface area contributed by atoms with Crippen molar-refractivity contribution < 1.29 is 14.3 Å². The number of ether oxygens (including phenoxy) is 2. The van der Waals surface area contributed by atoms with E-state index in [-0.39, 0.29) is 12.6 Å². The van der Waals surface area contributed by atoms with Gasteiger partial charge in [-0.2, -0.15) is 0 Å². The number of carbonyl (C=O) groups is 1. The maximum absolute atomic E-state index is 11.5. The molecule has 4 nitrogen and oxygen atoms in total. The zero-order valence-electron chi connectivity index (χ0n) is 12.9.